The van der Waals surface area contributed by atoms with Gasteiger partial charge in [0.15, 0.2) is 11.6 Å². The summed E-state index contributed by atoms with van der Waals surface area (Å²) in [5.74, 6) is -0.670. The fourth-order valence-electron chi connectivity index (χ4n) is 1.53. The molecule has 0 saturated carbocycles. The van der Waals surface area contributed by atoms with E-state index in [0.29, 0.717) is 4.47 Å². The maximum atomic E-state index is 13.6. The van der Waals surface area contributed by atoms with E-state index in [1.807, 2.05) is 0 Å². The lowest BCUT2D eigenvalue weighted by Gasteiger charge is -2.10. The smallest absolute Gasteiger partial charge is 0.265 e. The SMILES string of the molecule is COc1ccc(NS(=O)(=O)c2cc(Br)cnc2Cl)cc1F. The molecule has 0 aliphatic carbocycles. The van der Waals surface area contributed by atoms with Crippen molar-refractivity contribution in [2.45, 2.75) is 4.90 Å². The zero-order chi connectivity index (χ0) is 15.6. The number of nitrogens with one attached hydrogen (secondary N) is 1. The molecule has 1 aromatic heterocycles. The summed E-state index contributed by atoms with van der Waals surface area (Å²) < 4.78 is 45.5. The highest BCUT2D eigenvalue weighted by molar-refractivity contribution is 9.10. The zero-order valence-corrected chi connectivity index (χ0v) is 13.8. The van der Waals surface area contributed by atoms with Crippen LogP contribution in [0.1, 0.15) is 0 Å². The Kier molecular flexibility index (Phi) is 4.70. The Labute approximate surface area is 134 Å². The second-order valence-electron chi connectivity index (χ2n) is 3.90. The fourth-order valence-corrected chi connectivity index (χ4v) is 3.53. The van der Waals surface area contributed by atoms with E-state index in [4.69, 9.17) is 16.3 Å². The second kappa shape index (κ2) is 6.17. The molecule has 0 aliphatic heterocycles. The molecule has 1 heterocycles. The van der Waals surface area contributed by atoms with Crippen LogP contribution in [-0.4, -0.2) is 20.5 Å². The molecule has 0 fully saturated rings. The number of pyridine rings is 1. The Morgan fingerprint density at radius 2 is 2.10 bits per heavy atom. The lowest BCUT2D eigenvalue weighted by atomic mass is 10.3. The van der Waals surface area contributed by atoms with Crippen LogP contribution in [0.25, 0.3) is 0 Å². The molecule has 0 unspecified atom stereocenters. The van der Waals surface area contributed by atoms with Crippen LogP contribution in [0.4, 0.5) is 10.1 Å². The van der Waals surface area contributed by atoms with Crippen molar-refractivity contribution in [2.24, 2.45) is 0 Å². The lowest BCUT2D eigenvalue weighted by Crippen LogP contribution is -2.14. The number of nitrogens with zero attached hydrogens (tertiary/aromatic N) is 1. The third-order valence-electron chi connectivity index (χ3n) is 2.47. The van der Waals surface area contributed by atoms with Gasteiger partial charge in [-0.25, -0.2) is 17.8 Å². The maximum Gasteiger partial charge on any atom is 0.265 e. The minimum atomic E-state index is -3.98. The molecule has 0 saturated heterocycles. The topological polar surface area (TPSA) is 68.3 Å². The van der Waals surface area contributed by atoms with Crippen LogP contribution in [0.5, 0.6) is 5.75 Å². The van der Waals surface area contributed by atoms with Gasteiger partial charge in [-0.15, -0.1) is 0 Å². The van der Waals surface area contributed by atoms with Crippen molar-refractivity contribution in [3.63, 3.8) is 0 Å². The molecule has 2 rings (SSSR count). The number of aromatic nitrogens is 1. The van der Waals surface area contributed by atoms with Crippen molar-refractivity contribution in [2.75, 3.05) is 11.8 Å². The van der Waals surface area contributed by atoms with E-state index in [9.17, 15) is 12.8 Å². The summed E-state index contributed by atoms with van der Waals surface area (Å²) in [7, 11) is -2.67. The van der Waals surface area contributed by atoms with Gasteiger partial charge in [-0.3, -0.25) is 4.72 Å². The van der Waals surface area contributed by atoms with Gasteiger partial charge in [0.2, 0.25) is 0 Å². The number of rotatable bonds is 4. The van der Waals surface area contributed by atoms with E-state index in [0.717, 1.165) is 6.07 Å². The van der Waals surface area contributed by atoms with Crippen LogP contribution in [0.15, 0.2) is 39.8 Å². The molecule has 0 atom stereocenters. The normalized spacial score (nSPS) is 11.2. The van der Waals surface area contributed by atoms with Gasteiger partial charge in [-0.05, 0) is 34.1 Å². The first-order valence-electron chi connectivity index (χ1n) is 5.51. The molecule has 1 aromatic carbocycles. The van der Waals surface area contributed by atoms with Gasteiger partial charge < -0.3 is 4.74 Å². The Morgan fingerprint density at radius 3 is 2.71 bits per heavy atom. The predicted octanol–water partition coefficient (Wildman–Crippen LogP) is 3.45. The summed E-state index contributed by atoms with van der Waals surface area (Å²) in [6, 6.07) is 5.00. The highest BCUT2D eigenvalue weighted by Gasteiger charge is 2.20. The quantitative estimate of drug-likeness (QED) is 0.805. The monoisotopic (exact) mass is 394 g/mol. The number of ether oxygens (including phenoxy) is 1. The van der Waals surface area contributed by atoms with Gasteiger partial charge in [0.1, 0.15) is 10.0 Å². The third-order valence-corrected chi connectivity index (χ3v) is 4.71. The third kappa shape index (κ3) is 3.63. The molecule has 112 valence electrons. The van der Waals surface area contributed by atoms with Gasteiger partial charge in [-0.2, -0.15) is 0 Å². The summed E-state index contributed by atoms with van der Waals surface area (Å²) in [4.78, 5) is 3.52. The van der Waals surface area contributed by atoms with E-state index < -0.39 is 15.8 Å². The average Bonchev–Trinajstić information content (AvgIpc) is 2.41. The highest BCUT2D eigenvalue weighted by atomic mass is 79.9. The minimum Gasteiger partial charge on any atom is -0.494 e. The lowest BCUT2D eigenvalue weighted by molar-refractivity contribution is 0.386. The molecule has 21 heavy (non-hydrogen) atoms. The second-order valence-corrected chi connectivity index (χ2v) is 6.82. The van der Waals surface area contributed by atoms with Crippen molar-refractivity contribution in [3.8, 4) is 5.75 Å². The summed E-state index contributed by atoms with van der Waals surface area (Å²) in [6.07, 6.45) is 1.37. The molecule has 0 bridgehead atoms. The van der Waals surface area contributed by atoms with Crippen LogP contribution < -0.4 is 9.46 Å². The first-order chi connectivity index (χ1) is 9.83. The van der Waals surface area contributed by atoms with Gasteiger partial charge >= 0.3 is 0 Å². The fraction of sp³-hybridized carbons (Fsp3) is 0.0833. The molecular formula is C12H9BrClFN2O3S. The number of hydrogen-bond donors (Lipinski definition) is 1. The molecule has 0 radical (unpaired) electrons. The first-order valence-corrected chi connectivity index (χ1v) is 8.16. The van der Waals surface area contributed by atoms with Crippen LogP contribution >= 0.6 is 27.5 Å². The van der Waals surface area contributed by atoms with E-state index in [-0.39, 0.29) is 21.5 Å². The minimum absolute atomic E-state index is 0.0140. The number of anilines is 1. The van der Waals surface area contributed by atoms with Gasteiger partial charge in [0.05, 0.1) is 12.8 Å². The van der Waals surface area contributed by atoms with Gasteiger partial charge in [-0.1, -0.05) is 11.6 Å². The number of halogens is 3. The number of sulfonamides is 1. The summed E-state index contributed by atoms with van der Waals surface area (Å²) in [5.41, 5.74) is 0.0457. The van der Waals surface area contributed by atoms with Crippen LogP contribution in [0, 0.1) is 5.82 Å². The predicted molar refractivity (Wildman–Crippen MR) is 80.7 cm³/mol. The molecule has 5 nitrogen and oxygen atoms in total. The van der Waals surface area contributed by atoms with Crippen LogP contribution in [0.2, 0.25) is 5.15 Å². The van der Waals surface area contributed by atoms with Gasteiger partial charge in [0.25, 0.3) is 10.0 Å². The van der Waals surface area contributed by atoms with Crippen LogP contribution in [0.3, 0.4) is 0 Å². The van der Waals surface area contributed by atoms with E-state index in [2.05, 4.69) is 25.6 Å². The van der Waals surface area contributed by atoms with Crippen molar-refractivity contribution in [3.05, 3.63) is 45.9 Å². The molecule has 2 aromatic rings. The van der Waals surface area contributed by atoms with E-state index in [1.165, 1.54) is 31.5 Å². The summed E-state index contributed by atoms with van der Waals surface area (Å²) >= 11 is 8.90. The van der Waals surface area contributed by atoms with Crippen molar-refractivity contribution >= 4 is 43.2 Å². The largest absolute Gasteiger partial charge is 0.494 e. The molecule has 9 heteroatoms. The van der Waals surface area contributed by atoms with Gasteiger partial charge in [0, 0.05) is 16.7 Å². The molecule has 0 aliphatic rings. The Bertz CT molecular complexity index is 786. The van der Waals surface area contributed by atoms with E-state index in [1.54, 1.807) is 0 Å². The molecule has 0 spiro atoms. The standard InChI is InChI=1S/C12H9BrClFN2O3S/c1-20-10-3-2-8(5-9(10)15)17-21(18,19)11-4-7(13)6-16-12(11)14/h2-6,17H,1H3. The van der Waals surface area contributed by atoms with Crippen LogP contribution in [-0.2, 0) is 10.0 Å². The van der Waals surface area contributed by atoms with Crippen molar-refractivity contribution < 1.29 is 17.5 Å². The summed E-state index contributed by atoms with van der Waals surface area (Å²) in [6.45, 7) is 0. The first kappa shape index (κ1) is 16.0. The Balaban J connectivity index is 2.37. The zero-order valence-electron chi connectivity index (χ0n) is 10.6. The maximum absolute atomic E-state index is 13.6. The molecule has 1 N–H and O–H groups in total. The Morgan fingerprint density at radius 1 is 1.38 bits per heavy atom. The summed E-state index contributed by atoms with van der Waals surface area (Å²) in [5, 5.41) is -0.181. The number of methoxy groups -OCH3 is 1. The van der Waals surface area contributed by atoms with E-state index >= 15 is 0 Å². The van der Waals surface area contributed by atoms with Crippen molar-refractivity contribution in [1.29, 1.82) is 0 Å². The van der Waals surface area contributed by atoms with Crippen molar-refractivity contribution in [1.82, 2.24) is 4.98 Å². The number of benzene rings is 1. The Hall–Kier alpha value is -1.38. The molecular weight excluding hydrogens is 387 g/mol. The molecule has 0 amide bonds. The average molecular weight is 396 g/mol. The number of hydrogen-bond acceptors (Lipinski definition) is 4. The highest BCUT2D eigenvalue weighted by Crippen LogP contribution is 2.26.